The first-order valence-electron chi connectivity index (χ1n) is 7.74. The van der Waals surface area contributed by atoms with Gasteiger partial charge in [0.25, 0.3) is 0 Å². The average Bonchev–Trinajstić information content (AvgIpc) is 2.87. The number of hydrogen-bond acceptors (Lipinski definition) is 5. The van der Waals surface area contributed by atoms with Crippen LogP contribution in [0.3, 0.4) is 0 Å². The van der Waals surface area contributed by atoms with Crippen LogP contribution in [0.5, 0.6) is 0 Å². The maximum Gasteiger partial charge on any atom is 0.321 e. The van der Waals surface area contributed by atoms with Gasteiger partial charge in [-0.2, -0.15) is 0 Å². The maximum absolute atomic E-state index is 11.8. The summed E-state index contributed by atoms with van der Waals surface area (Å²) in [5, 5.41) is 6.10. The van der Waals surface area contributed by atoms with E-state index in [1.807, 2.05) is 6.92 Å². The van der Waals surface area contributed by atoms with Crippen LogP contribution in [0.2, 0.25) is 5.02 Å². The van der Waals surface area contributed by atoms with Gasteiger partial charge >= 0.3 is 6.03 Å². The predicted octanol–water partition coefficient (Wildman–Crippen LogP) is 4.10. The van der Waals surface area contributed by atoms with Crippen molar-refractivity contribution in [3.05, 3.63) is 28.9 Å². The van der Waals surface area contributed by atoms with Gasteiger partial charge in [0.05, 0.1) is 20.5 Å². The second kappa shape index (κ2) is 8.16. The highest BCUT2D eigenvalue weighted by atomic mass is 35.5. The zero-order chi connectivity index (χ0) is 18.6. The molecule has 0 aliphatic carbocycles. The Kier molecular flexibility index (Phi) is 6.42. The first-order valence-corrected chi connectivity index (χ1v) is 10.8. The lowest BCUT2D eigenvalue weighted by Crippen LogP contribution is -2.29. The first kappa shape index (κ1) is 19.7. The largest absolute Gasteiger partial charge is 0.338 e. The minimum Gasteiger partial charge on any atom is -0.338 e. The summed E-state index contributed by atoms with van der Waals surface area (Å²) >= 11 is 7.27. The molecule has 0 fully saturated rings. The standard InChI is InChI=1S/C16H20ClN3O3S2/c1-4-5-8-18-15(21)20-16-19-10(2)14(24-16)11-6-7-12(17)13(9-11)25(3,22)23/h6-7,9H,4-5,8H2,1-3H3,(H2,18,19,20,21). The lowest BCUT2D eigenvalue weighted by molar-refractivity contribution is 0.252. The van der Waals surface area contributed by atoms with Gasteiger partial charge in [-0.25, -0.2) is 18.2 Å². The topological polar surface area (TPSA) is 88.2 Å². The fraction of sp³-hybridized carbons (Fsp3) is 0.375. The predicted molar refractivity (Wildman–Crippen MR) is 102 cm³/mol. The molecule has 2 aromatic rings. The summed E-state index contributed by atoms with van der Waals surface area (Å²) in [5.41, 5.74) is 1.40. The summed E-state index contributed by atoms with van der Waals surface area (Å²) in [4.78, 5) is 17.0. The quantitative estimate of drug-likeness (QED) is 0.713. The van der Waals surface area contributed by atoms with Crippen molar-refractivity contribution < 1.29 is 13.2 Å². The SMILES string of the molecule is CCCCNC(=O)Nc1nc(C)c(-c2ccc(Cl)c(S(C)(=O)=O)c2)s1. The number of anilines is 1. The zero-order valence-electron chi connectivity index (χ0n) is 14.2. The van der Waals surface area contributed by atoms with Crippen molar-refractivity contribution in [3.8, 4) is 10.4 Å². The molecule has 136 valence electrons. The molecule has 9 heteroatoms. The molecular weight excluding hydrogens is 382 g/mol. The molecule has 0 unspecified atom stereocenters. The summed E-state index contributed by atoms with van der Waals surface area (Å²) in [7, 11) is -3.43. The second-order valence-electron chi connectivity index (χ2n) is 5.59. The third kappa shape index (κ3) is 5.17. The Morgan fingerprint density at radius 3 is 2.72 bits per heavy atom. The van der Waals surface area contributed by atoms with Crippen molar-refractivity contribution in [1.29, 1.82) is 0 Å². The smallest absolute Gasteiger partial charge is 0.321 e. The molecule has 2 rings (SSSR count). The van der Waals surface area contributed by atoms with E-state index in [1.54, 1.807) is 19.1 Å². The highest BCUT2D eigenvalue weighted by molar-refractivity contribution is 7.90. The van der Waals surface area contributed by atoms with Crippen molar-refractivity contribution in [2.24, 2.45) is 0 Å². The van der Waals surface area contributed by atoms with Crippen molar-refractivity contribution >= 4 is 43.9 Å². The van der Waals surface area contributed by atoms with E-state index in [4.69, 9.17) is 11.6 Å². The van der Waals surface area contributed by atoms with Gasteiger partial charge in [-0.1, -0.05) is 42.3 Å². The zero-order valence-corrected chi connectivity index (χ0v) is 16.6. The summed E-state index contributed by atoms with van der Waals surface area (Å²) in [6.45, 7) is 4.46. The molecule has 0 radical (unpaired) electrons. The maximum atomic E-state index is 11.8. The number of halogens is 1. The number of aryl methyl sites for hydroxylation is 1. The van der Waals surface area contributed by atoms with E-state index in [-0.39, 0.29) is 15.9 Å². The highest BCUT2D eigenvalue weighted by Gasteiger charge is 2.17. The van der Waals surface area contributed by atoms with E-state index >= 15 is 0 Å². The van der Waals surface area contributed by atoms with Gasteiger partial charge in [0.1, 0.15) is 0 Å². The summed E-state index contributed by atoms with van der Waals surface area (Å²) in [6, 6.07) is 4.52. The number of thiazole rings is 1. The molecule has 1 aromatic heterocycles. The number of aromatic nitrogens is 1. The van der Waals surface area contributed by atoms with Crippen LogP contribution in [0, 0.1) is 6.92 Å². The number of carbonyl (C=O) groups is 1. The van der Waals surface area contributed by atoms with Crippen LogP contribution in [-0.2, 0) is 9.84 Å². The molecule has 2 amide bonds. The molecular formula is C16H20ClN3O3S2. The van der Waals surface area contributed by atoms with E-state index in [0.29, 0.717) is 22.9 Å². The van der Waals surface area contributed by atoms with E-state index < -0.39 is 9.84 Å². The van der Waals surface area contributed by atoms with Gasteiger partial charge in [-0.3, -0.25) is 5.32 Å². The molecule has 1 aromatic carbocycles. The normalized spacial score (nSPS) is 11.4. The number of urea groups is 1. The molecule has 0 aliphatic rings. The van der Waals surface area contributed by atoms with Gasteiger partial charge in [0.2, 0.25) is 0 Å². The second-order valence-corrected chi connectivity index (χ2v) is 8.98. The molecule has 0 bridgehead atoms. The summed E-state index contributed by atoms with van der Waals surface area (Å²) < 4.78 is 23.7. The van der Waals surface area contributed by atoms with Crippen molar-refractivity contribution in [2.45, 2.75) is 31.6 Å². The Morgan fingerprint density at radius 1 is 1.36 bits per heavy atom. The number of nitrogens with one attached hydrogen (secondary N) is 2. The molecule has 0 saturated heterocycles. The number of sulfone groups is 1. The molecule has 1 heterocycles. The Balaban J connectivity index is 2.24. The van der Waals surface area contributed by atoms with E-state index in [1.165, 1.54) is 17.4 Å². The van der Waals surface area contributed by atoms with Crippen molar-refractivity contribution in [2.75, 3.05) is 18.1 Å². The summed E-state index contributed by atoms with van der Waals surface area (Å²) in [5.74, 6) is 0. The Bertz CT molecular complexity index is 879. The molecule has 2 N–H and O–H groups in total. The van der Waals surface area contributed by atoms with Gasteiger partial charge < -0.3 is 5.32 Å². The first-order chi connectivity index (χ1) is 11.7. The highest BCUT2D eigenvalue weighted by Crippen LogP contribution is 2.35. The minimum atomic E-state index is -3.43. The number of benzene rings is 1. The molecule has 25 heavy (non-hydrogen) atoms. The van der Waals surface area contributed by atoms with Crippen LogP contribution in [-0.4, -0.2) is 32.2 Å². The molecule has 0 spiro atoms. The minimum absolute atomic E-state index is 0.0753. The number of carbonyl (C=O) groups excluding carboxylic acids is 1. The van der Waals surface area contributed by atoms with Gasteiger partial charge in [-0.15, -0.1) is 0 Å². The van der Waals surface area contributed by atoms with E-state index in [0.717, 1.165) is 24.0 Å². The fourth-order valence-electron chi connectivity index (χ4n) is 2.17. The monoisotopic (exact) mass is 401 g/mol. The van der Waals surface area contributed by atoms with Crippen LogP contribution < -0.4 is 10.6 Å². The number of hydrogen-bond donors (Lipinski definition) is 2. The number of nitrogens with zero attached hydrogens (tertiary/aromatic N) is 1. The lowest BCUT2D eigenvalue weighted by Gasteiger charge is -2.05. The van der Waals surface area contributed by atoms with Crippen molar-refractivity contribution in [3.63, 3.8) is 0 Å². The van der Waals surface area contributed by atoms with Crippen molar-refractivity contribution in [1.82, 2.24) is 10.3 Å². The Morgan fingerprint density at radius 2 is 2.08 bits per heavy atom. The number of rotatable bonds is 6. The molecule has 0 saturated carbocycles. The Hall–Kier alpha value is -1.64. The average molecular weight is 402 g/mol. The lowest BCUT2D eigenvalue weighted by atomic mass is 10.2. The van der Waals surface area contributed by atoms with E-state index in [9.17, 15) is 13.2 Å². The Labute approximate surface area is 156 Å². The van der Waals surface area contributed by atoms with Crippen LogP contribution in [0.1, 0.15) is 25.5 Å². The van der Waals surface area contributed by atoms with Gasteiger partial charge in [0.15, 0.2) is 15.0 Å². The van der Waals surface area contributed by atoms with Crippen LogP contribution >= 0.6 is 22.9 Å². The number of amides is 2. The van der Waals surface area contributed by atoms with Crippen LogP contribution in [0.25, 0.3) is 10.4 Å². The van der Waals surface area contributed by atoms with Crippen LogP contribution in [0.4, 0.5) is 9.93 Å². The van der Waals surface area contributed by atoms with E-state index in [2.05, 4.69) is 15.6 Å². The summed E-state index contributed by atoms with van der Waals surface area (Å²) in [6.07, 6.45) is 3.03. The molecule has 6 nitrogen and oxygen atoms in total. The molecule has 0 atom stereocenters. The van der Waals surface area contributed by atoms with Gasteiger partial charge in [-0.05, 0) is 31.0 Å². The number of unbranched alkanes of at least 4 members (excludes halogenated alkanes) is 1. The molecule has 0 aliphatic heterocycles. The third-order valence-corrected chi connectivity index (χ3v) is 6.13. The third-order valence-electron chi connectivity index (χ3n) is 3.43. The van der Waals surface area contributed by atoms with Crippen LogP contribution in [0.15, 0.2) is 23.1 Å². The fourth-order valence-corrected chi connectivity index (χ4v) is 4.43. The van der Waals surface area contributed by atoms with Gasteiger partial charge in [0, 0.05) is 12.8 Å².